The van der Waals surface area contributed by atoms with Crippen molar-refractivity contribution < 1.29 is 4.79 Å². The number of amides is 1. The van der Waals surface area contributed by atoms with Crippen molar-refractivity contribution >= 4 is 11.7 Å². The van der Waals surface area contributed by atoms with E-state index >= 15 is 0 Å². The highest BCUT2D eigenvalue weighted by molar-refractivity contribution is 5.93. The number of aromatic nitrogens is 2. The highest BCUT2D eigenvalue weighted by atomic mass is 16.1. The van der Waals surface area contributed by atoms with Gasteiger partial charge >= 0.3 is 0 Å². The molecule has 0 spiro atoms. The van der Waals surface area contributed by atoms with E-state index in [0.29, 0.717) is 24.0 Å². The number of piperidine rings is 1. The zero-order valence-electron chi connectivity index (χ0n) is 15.3. The van der Waals surface area contributed by atoms with Crippen molar-refractivity contribution in [3.05, 3.63) is 66.1 Å². The fourth-order valence-electron chi connectivity index (χ4n) is 3.40. The Bertz CT molecular complexity index is 752. The van der Waals surface area contributed by atoms with Gasteiger partial charge in [-0.15, -0.1) is 6.58 Å². The average molecular weight is 350 g/mol. The van der Waals surface area contributed by atoms with Crippen LogP contribution < -0.4 is 10.2 Å². The number of aryl methyl sites for hydroxylation is 1. The Morgan fingerprint density at radius 1 is 1.27 bits per heavy atom. The molecule has 0 atom stereocenters. The number of benzene rings is 1. The van der Waals surface area contributed by atoms with Gasteiger partial charge in [0, 0.05) is 25.7 Å². The molecule has 1 N–H and O–H groups in total. The molecule has 3 rings (SSSR count). The molecule has 0 bridgehead atoms. The van der Waals surface area contributed by atoms with Crippen LogP contribution in [-0.2, 0) is 6.42 Å². The molecule has 0 saturated carbocycles. The molecule has 1 saturated heterocycles. The summed E-state index contributed by atoms with van der Waals surface area (Å²) in [6, 6.07) is 12.5. The quantitative estimate of drug-likeness (QED) is 0.813. The predicted octanol–water partition coefficient (Wildman–Crippen LogP) is 3.16. The Hall–Kier alpha value is -2.69. The molecule has 1 fully saturated rings. The number of rotatable bonds is 6. The van der Waals surface area contributed by atoms with Crippen LogP contribution in [0.2, 0.25) is 0 Å². The van der Waals surface area contributed by atoms with Gasteiger partial charge in [-0.25, -0.2) is 9.97 Å². The van der Waals surface area contributed by atoms with Gasteiger partial charge < -0.3 is 10.2 Å². The van der Waals surface area contributed by atoms with Crippen LogP contribution in [0, 0.1) is 12.8 Å². The van der Waals surface area contributed by atoms with Gasteiger partial charge in [0.15, 0.2) is 0 Å². The zero-order chi connectivity index (χ0) is 18.4. The molecule has 5 nitrogen and oxygen atoms in total. The summed E-state index contributed by atoms with van der Waals surface area (Å²) >= 11 is 0. The molecular weight excluding hydrogens is 324 g/mol. The Morgan fingerprint density at radius 3 is 2.69 bits per heavy atom. The molecule has 0 aliphatic carbocycles. The van der Waals surface area contributed by atoms with Crippen molar-refractivity contribution in [2.45, 2.75) is 26.2 Å². The third-order valence-corrected chi connectivity index (χ3v) is 4.77. The Labute approximate surface area is 155 Å². The van der Waals surface area contributed by atoms with Crippen molar-refractivity contribution in [1.29, 1.82) is 0 Å². The van der Waals surface area contributed by atoms with E-state index in [1.54, 1.807) is 12.1 Å². The molecule has 1 amide bonds. The van der Waals surface area contributed by atoms with Crippen LogP contribution in [0.1, 0.15) is 34.7 Å². The van der Waals surface area contributed by atoms with Gasteiger partial charge in [-0.1, -0.05) is 36.4 Å². The van der Waals surface area contributed by atoms with E-state index in [9.17, 15) is 4.79 Å². The monoisotopic (exact) mass is 350 g/mol. The third kappa shape index (κ3) is 4.69. The van der Waals surface area contributed by atoms with Crippen molar-refractivity contribution in [2.75, 3.05) is 24.5 Å². The van der Waals surface area contributed by atoms with E-state index in [4.69, 9.17) is 0 Å². The van der Waals surface area contributed by atoms with Crippen LogP contribution >= 0.6 is 0 Å². The minimum Gasteiger partial charge on any atom is -0.356 e. The van der Waals surface area contributed by atoms with Crippen molar-refractivity contribution in [2.24, 2.45) is 5.92 Å². The highest BCUT2D eigenvalue weighted by Crippen LogP contribution is 2.25. The van der Waals surface area contributed by atoms with E-state index < -0.39 is 0 Å². The molecule has 1 aromatic carbocycles. The molecule has 0 radical (unpaired) electrons. The van der Waals surface area contributed by atoms with Crippen LogP contribution in [0.5, 0.6) is 0 Å². The summed E-state index contributed by atoms with van der Waals surface area (Å²) in [6.45, 7) is 7.80. The summed E-state index contributed by atoms with van der Waals surface area (Å²) in [5, 5.41) is 2.77. The summed E-state index contributed by atoms with van der Waals surface area (Å²) in [4.78, 5) is 23.3. The average Bonchev–Trinajstić information content (AvgIpc) is 2.67. The second-order valence-electron chi connectivity index (χ2n) is 6.78. The van der Waals surface area contributed by atoms with Gasteiger partial charge in [0.2, 0.25) is 0 Å². The van der Waals surface area contributed by atoms with Crippen LogP contribution in [0.25, 0.3) is 0 Å². The normalized spacial score (nSPS) is 14.9. The molecule has 0 unspecified atom stereocenters. The highest BCUT2D eigenvalue weighted by Gasteiger charge is 2.22. The summed E-state index contributed by atoms with van der Waals surface area (Å²) in [6.07, 6.45) is 5.06. The molecular formula is C21H26N4O. The number of nitrogens with zero attached hydrogens (tertiary/aromatic N) is 3. The van der Waals surface area contributed by atoms with Gasteiger partial charge in [-0.3, -0.25) is 4.79 Å². The maximum Gasteiger partial charge on any atom is 0.270 e. The van der Waals surface area contributed by atoms with E-state index in [0.717, 1.165) is 38.2 Å². The maximum absolute atomic E-state index is 12.2. The van der Waals surface area contributed by atoms with E-state index in [2.05, 4.69) is 57.1 Å². The van der Waals surface area contributed by atoms with Crippen LogP contribution in [0.4, 0.5) is 5.82 Å². The van der Waals surface area contributed by atoms with Gasteiger partial charge in [-0.05, 0) is 37.7 Å². The number of anilines is 1. The second kappa shape index (κ2) is 8.61. The van der Waals surface area contributed by atoms with Gasteiger partial charge in [0.1, 0.15) is 17.3 Å². The molecule has 2 heterocycles. The largest absolute Gasteiger partial charge is 0.356 e. The molecule has 1 aromatic heterocycles. The lowest BCUT2D eigenvalue weighted by Crippen LogP contribution is -2.35. The zero-order valence-corrected chi connectivity index (χ0v) is 15.3. The summed E-state index contributed by atoms with van der Waals surface area (Å²) in [5.74, 6) is 1.99. The molecule has 2 aromatic rings. The molecule has 1 aliphatic heterocycles. The lowest BCUT2D eigenvalue weighted by atomic mass is 9.90. The Morgan fingerprint density at radius 2 is 2.00 bits per heavy atom. The molecule has 1 aliphatic rings. The standard InChI is InChI=1S/C21H26N4O/c1-3-11-22-21(26)19-15-20(24-16(2)23-19)25-12-9-18(10-13-25)14-17-7-5-4-6-8-17/h3-8,15,18H,1,9-14H2,2H3,(H,22,26). The number of hydrogen-bond donors (Lipinski definition) is 1. The van der Waals surface area contributed by atoms with Gasteiger partial charge in [0.25, 0.3) is 5.91 Å². The van der Waals surface area contributed by atoms with E-state index in [-0.39, 0.29) is 5.91 Å². The first-order chi connectivity index (χ1) is 12.7. The fraction of sp³-hybridized carbons (Fsp3) is 0.381. The number of carbonyl (C=O) groups is 1. The van der Waals surface area contributed by atoms with Crippen molar-refractivity contribution in [1.82, 2.24) is 15.3 Å². The van der Waals surface area contributed by atoms with Gasteiger partial charge in [-0.2, -0.15) is 0 Å². The van der Waals surface area contributed by atoms with Crippen LogP contribution in [0.15, 0.2) is 49.1 Å². The van der Waals surface area contributed by atoms with E-state index in [1.807, 2.05) is 6.92 Å². The predicted molar refractivity (Wildman–Crippen MR) is 104 cm³/mol. The lowest BCUT2D eigenvalue weighted by Gasteiger charge is -2.33. The first kappa shape index (κ1) is 18.1. The van der Waals surface area contributed by atoms with Crippen molar-refractivity contribution in [3.8, 4) is 0 Å². The summed E-state index contributed by atoms with van der Waals surface area (Å²) in [5.41, 5.74) is 1.82. The van der Waals surface area contributed by atoms with Gasteiger partial charge in [0.05, 0.1) is 0 Å². The molecule has 26 heavy (non-hydrogen) atoms. The SMILES string of the molecule is C=CCNC(=O)c1cc(N2CCC(Cc3ccccc3)CC2)nc(C)n1. The van der Waals surface area contributed by atoms with Crippen LogP contribution in [0.3, 0.4) is 0 Å². The lowest BCUT2D eigenvalue weighted by molar-refractivity contribution is 0.0952. The number of carbonyl (C=O) groups excluding carboxylic acids is 1. The third-order valence-electron chi connectivity index (χ3n) is 4.77. The number of hydrogen-bond acceptors (Lipinski definition) is 4. The minimum atomic E-state index is -0.185. The fourth-order valence-corrected chi connectivity index (χ4v) is 3.40. The first-order valence-corrected chi connectivity index (χ1v) is 9.19. The smallest absolute Gasteiger partial charge is 0.270 e. The van der Waals surface area contributed by atoms with E-state index in [1.165, 1.54) is 5.56 Å². The first-order valence-electron chi connectivity index (χ1n) is 9.19. The Balaban J connectivity index is 1.62. The topological polar surface area (TPSA) is 58.1 Å². The second-order valence-corrected chi connectivity index (χ2v) is 6.78. The Kier molecular flexibility index (Phi) is 6.00. The van der Waals surface area contributed by atoms with Crippen molar-refractivity contribution in [3.63, 3.8) is 0 Å². The summed E-state index contributed by atoms with van der Waals surface area (Å²) < 4.78 is 0. The minimum absolute atomic E-state index is 0.185. The molecule has 136 valence electrons. The maximum atomic E-state index is 12.2. The molecule has 5 heteroatoms. The number of nitrogens with one attached hydrogen (secondary N) is 1. The summed E-state index contributed by atoms with van der Waals surface area (Å²) in [7, 11) is 0. The van der Waals surface area contributed by atoms with Crippen LogP contribution in [-0.4, -0.2) is 35.5 Å².